The van der Waals surface area contributed by atoms with Gasteiger partial charge in [0.25, 0.3) is 0 Å². The van der Waals surface area contributed by atoms with Crippen molar-refractivity contribution < 1.29 is 15.8 Å². The molecule has 0 saturated carbocycles. The average Bonchev–Trinajstić information content (AvgIpc) is 2.75. The molecule has 0 bridgehead atoms. The van der Waals surface area contributed by atoms with Gasteiger partial charge in [0.1, 0.15) is 6.61 Å². The molecule has 0 spiro atoms. The second-order valence-corrected chi connectivity index (χ2v) is 7.74. The van der Waals surface area contributed by atoms with E-state index >= 15 is 0 Å². The Morgan fingerprint density at radius 2 is 1.77 bits per heavy atom. The number of hydrogen-bond donors (Lipinski definition) is 0. The van der Waals surface area contributed by atoms with Crippen LogP contribution < -0.4 is 4.90 Å². The molecular formula is C26H37NO3. The summed E-state index contributed by atoms with van der Waals surface area (Å²) in [6.07, 6.45) is 1.18. The van der Waals surface area contributed by atoms with E-state index < -0.39 is 0 Å². The van der Waals surface area contributed by atoms with Gasteiger partial charge in [-0.15, -0.1) is 0 Å². The van der Waals surface area contributed by atoms with Gasteiger partial charge >= 0.3 is 5.97 Å². The van der Waals surface area contributed by atoms with Crippen molar-refractivity contribution in [2.75, 3.05) is 4.90 Å². The van der Waals surface area contributed by atoms with Gasteiger partial charge in [0.2, 0.25) is 5.91 Å². The number of aryl methyl sites for hydroxylation is 1. The summed E-state index contributed by atoms with van der Waals surface area (Å²) in [5, 5.41) is 0. The molecule has 2 aromatic rings. The van der Waals surface area contributed by atoms with Gasteiger partial charge in [0.15, 0.2) is 0 Å². The van der Waals surface area contributed by atoms with E-state index in [2.05, 4.69) is 19.9 Å². The molecule has 2 aromatic carbocycles. The van der Waals surface area contributed by atoms with Crippen molar-refractivity contribution in [3.05, 3.63) is 65.2 Å². The Morgan fingerprint density at radius 3 is 2.37 bits per heavy atom. The quantitative estimate of drug-likeness (QED) is 0.545. The maximum Gasteiger partial charge on any atom is 0.306 e. The van der Waals surface area contributed by atoms with Crippen LogP contribution in [0.3, 0.4) is 0 Å². The minimum absolute atomic E-state index is 0. The van der Waals surface area contributed by atoms with E-state index in [-0.39, 0.29) is 37.8 Å². The lowest BCUT2D eigenvalue weighted by Crippen LogP contribution is -2.48. The van der Waals surface area contributed by atoms with Crippen molar-refractivity contribution in [2.24, 2.45) is 5.92 Å². The first-order valence-electron chi connectivity index (χ1n) is 11.0. The molecule has 164 valence electrons. The molecule has 0 fully saturated rings. The zero-order valence-electron chi connectivity index (χ0n) is 19.1. The summed E-state index contributed by atoms with van der Waals surface area (Å²) in [6, 6.07) is 16.0. The molecule has 0 N–H and O–H groups in total. The van der Waals surface area contributed by atoms with Crippen LogP contribution in [0.5, 0.6) is 0 Å². The first-order valence-corrected chi connectivity index (χ1v) is 11.0. The van der Waals surface area contributed by atoms with Crippen LogP contribution in [0.4, 0.5) is 5.69 Å². The normalized spacial score (nSPS) is 19.9. The predicted molar refractivity (Wildman–Crippen MR) is 125 cm³/mol. The molecule has 0 saturated heterocycles. The summed E-state index contributed by atoms with van der Waals surface area (Å²) in [7, 11) is 0. The third-order valence-electron chi connectivity index (χ3n) is 5.80. The van der Waals surface area contributed by atoms with Crippen LogP contribution in [-0.2, 0) is 20.9 Å². The minimum atomic E-state index is -0.195. The lowest BCUT2D eigenvalue weighted by molar-refractivity contribution is -0.145. The van der Waals surface area contributed by atoms with Gasteiger partial charge < -0.3 is 9.64 Å². The maximum atomic E-state index is 12.6. The summed E-state index contributed by atoms with van der Waals surface area (Å²) in [4.78, 5) is 26.9. The fourth-order valence-corrected chi connectivity index (χ4v) is 4.39. The summed E-state index contributed by atoms with van der Waals surface area (Å²) < 4.78 is 5.55. The first kappa shape index (κ1) is 23.7. The number of ether oxygens (including phenoxy) is 1. The van der Waals surface area contributed by atoms with Gasteiger partial charge in [-0.2, -0.15) is 0 Å². The van der Waals surface area contributed by atoms with Gasteiger partial charge in [-0.05, 0) is 36.5 Å². The highest BCUT2D eigenvalue weighted by molar-refractivity contribution is 5.94. The molecule has 0 radical (unpaired) electrons. The van der Waals surface area contributed by atoms with E-state index in [0.717, 1.165) is 28.8 Å². The van der Waals surface area contributed by atoms with Crippen molar-refractivity contribution in [2.45, 2.75) is 73.0 Å². The second kappa shape index (κ2) is 11.0. The van der Waals surface area contributed by atoms with E-state index in [1.807, 2.05) is 68.1 Å². The highest BCUT2D eigenvalue weighted by Crippen LogP contribution is 2.45. The van der Waals surface area contributed by atoms with Crippen molar-refractivity contribution in [3.63, 3.8) is 0 Å². The molecule has 4 heteroatoms. The number of fused-ring (bicyclic) bond motifs is 1. The molecule has 1 aliphatic rings. The largest absolute Gasteiger partial charge is 0.461 e. The summed E-state index contributed by atoms with van der Waals surface area (Å²) in [5.41, 5.74) is 4.12. The molecule has 1 heterocycles. The van der Waals surface area contributed by atoms with Gasteiger partial charge in [0.05, 0.1) is 6.42 Å². The summed E-state index contributed by atoms with van der Waals surface area (Å²) in [6.45, 7) is 12.2. The monoisotopic (exact) mass is 411 g/mol. The molecule has 2 unspecified atom stereocenters. The molecule has 1 amide bonds. The highest BCUT2D eigenvalue weighted by atomic mass is 16.5. The van der Waals surface area contributed by atoms with Crippen LogP contribution in [0.1, 0.15) is 71.5 Å². The molecule has 4 nitrogen and oxygen atoms in total. The number of nitrogens with zero attached hydrogens (tertiary/aromatic N) is 1. The number of esters is 1. The molecule has 0 aromatic heterocycles. The zero-order valence-corrected chi connectivity index (χ0v) is 19.1. The molecule has 1 aliphatic heterocycles. The van der Waals surface area contributed by atoms with Crippen LogP contribution in [-0.4, -0.2) is 17.9 Å². The van der Waals surface area contributed by atoms with E-state index in [4.69, 9.17) is 4.74 Å². The molecular weight excluding hydrogens is 374 g/mol. The third kappa shape index (κ3) is 5.29. The van der Waals surface area contributed by atoms with Gasteiger partial charge in [-0.3, -0.25) is 9.59 Å². The van der Waals surface area contributed by atoms with Crippen LogP contribution in [0.25, 0.3) is 0 Å². The van der Waals surface area contributed by atoms with Crippen molar-refractivity contribution in [3.8, 4) is 0 Å². The Labute approximate surface area is 182 Å². The summed E-state index contributed by atoms with van der Waals surface area (Å²) >= 11 is 0. The Bertz CT molecular complexity index is 853. The number of carbonyl (C=O) groups is 2. The smallest absolute Gasteiger partial charge is 0.306 e. The first-order chi connectivity index (χ1) is 14.4. The Hall–Kier alpha value is -2.62. The maximum absolute atomic E-state index is 12.6. The van der Waals surface area contributed by atoms with Gasteiger partial charge in [-0.25, -0.2) is 0 Å². The van der Waals surface area contributed by atoms with Gasteiger partial charge in [-0.1, -0.05) is 75.7 Å². The van der Waals surface area contributed by atoms with Crippen LogP contribution >= 0.6 is 0 Å². The Kier molecular flexibility index (Phi) is 8.64. The van der Waals surface area contributed by atoms with E-state index in [0.29, 0.717) is 6.42 Å². The number of rotatable bonds is 5. The lowest BCUT2D eigenvalue weighted by atomic mass is 9.74. The zero-order chi connectivity index (χ0) is 22.3. The Balaban J connectivity index is 0.00000156. The van der Waals surface area contributed by atoms with Crippen LogP contribution in [0.15, 0.2) is 48.5 Å². The van der Waals surface area contributed by atoms with Crippen molar-refractivity contribution >= 4 is 17.6 Å². The van der Waals surface area contributed by atoms with E-state index in [1.54, 1.807) is 6.92 Å². The van der Waals surface area contributed by atoms with Crippen molar-refractivity contribution in [1.29, 1.82) is 0 Å². The van der Waals surface area contributed by atoms with Crippen LogP contribution in [0.2, 0.25) is 0 Å². The fourth-order valence-electron chi connectivity index (χ4n) is 4.39. The average molecular weight is 412 g/mol. The van der Waals surface area contributed by atoms with E-state index in [1.165, 1.54) is 0 Å². The molecule has 3 rings (SSSR count). The minimum Gasteiger partial charge on any atom is -0.461 e. The molecule has 0 aliphatic carbocycles. The number of amides is 1. The SMILES string of the molecule is CC.CC[C@H]1C(C)C(CC(=O)OCc2ccccc2)c2cc(C)ccc2N1C(C)=O.[HH]. The second-order valence-electron chi connectivity index (χ2n) is 7.74. The molecule has 3 atom stereocenters. The molecule has 30 heavy (non-hydrogen) atoms. The third-order valence-corrected chi connectivity index (χ3v) is 5.80. The lowest BCUT2D eigenvalue weighted by Gasteiger charge is -2.45. The standard InChI is InChI=1S/C24H29NO3.C2H6.H2/c1-5-22-17(3)20(14-24(27)28-15-19-9-7-6-8-10-19)21-13-16(2)11-12-23(21)25(22)18(4)26;1-2;/h6-13,17,20,22H,5,14-15H2,1-4H3;1-2H3;1H/t17?,20?,22-;;/m0../s1. The van der Waals surface area contributed by atoms with Crippen molar-refractivity contribution in [1.82, 2.24) is 0 Å². The fraction of sp³-hybridized carbons (Fsp3) is 0.462. The van der Waals surface area contributed by atoms with Gasteiger partial charge in [0, 0.05) is 26.0 Å². The highest BCUT2D eigenvalue weighted by Gasteiger charge is 2.40. The number of hydrogen-bond acceptors (Lipinski definition) is 3. The topological polar surface area (TPSA) is 46.6 Å². The predicted octanol–water partition coefficient (Wildman–Crippen LogP) is 6.27. The number of carbonyl (C=O) groups excluding carboxylic acids is 2. The number of benzene rings is 2. The Morgan fingerprint density at radius 1 is 1.10 bits per heavy atom. The number of anilines is 1. The summed E-state index contributed by atoms with van der Waals surface area (Å²) in [5.74, 6) is 0.0689. The van der Waals surface area contributed by atoms with Crippen LogP contribution in [0, 0.1) is 12.8 Å². The van der Waals surface area contributed by atoms with E-state index in [9.17, 15) is 9.59 Å².